The number of hydrogen-bond acceptors (Lipinski definition) is 4. The van der Waals surface area contributed by atoms with Gasteiger partial charge in [-0.25, -0.2) is 0 Å². The Hall–Kier alpha value is -2.90. The first-order chi connectivity index (χ1) is 15.9. The van der Waals surface area contributed by atoms with Gasteiger partial charge in [0.25, 0.3) is 11.8 Å². The summed E-state index contributed by atoms with van der Waals surface area (Å²) in [6.07, 6.45) is 1.20. The van der Waals surface area contributed by atoms with E-state index in [1.54, 1.807) is 36.3 Å². The quantitative estimate of drug-likeness (QED) is 0.579. The number of nitrogens with zero attached hydrogens (tertiary/aromatic N) is 1. The van der Waals surface area contributed by atoms with Crippen molar-refractivity contribution in [3.63, 3.8) is 0 Å². The number of benzene rings is 2. The Morgan fingerprint density at radius 2 is 1.76 bits per heavy atom. The minimum absolute atomic E-state index is 0.0188. The number of carbonyl (C=O) groups excluding carboxylic acids is 3. The van der Waals surface area contributed by atoms with Crippen LogP contribution in [0.25, 0.3) is 0 Å². The molecule has 1 atom stereocenters. The van der Waals surface area contributed by atoms with Crippen molar-refractivity contribution >= 4 is 29.3 Å². The summed E-state index contributed by atoms with van der Waals surface area (Å²) in [5, 5.41) is 6.02. The molecule has 3 amide bonds. The third-order valence-corrected chi connectivity index (χ3v) is 6.22. The maximum atomic E-state index is 12.9. The second-order valence-electron chi connectivity index (χ2n) is 8.21. The fraction of sp³-hybridized carbons (Fsp3) is 0.400. The highest BCUT2D eigenvalue weighted by Crippen LogP contribution is 2.24. The second-order valence-corrected chi connectivity index (χ2v) is 8.62. The Morgan fingerprint density at radius 3 is 2.39 bits per heavy atom. The molecule has 2 aromatic carbocycles. The van der Waals surface area contributed by atoms with Gasteiger partial charge in [-0.1, -0.05) is 41.4 Å². The number of nitrogens with one attached hydrogen (secondary N) is 2. The minimum Gasteiger partial charge on any atom is -0.383 e. The number of carbonyl (C=O) groups is 3. The molecule has 0 aliphatic carbocycles. The molecule has 8 heteroatoms. The zero-order valence-electron chi connectivity index (χ0n) is 19.0. The van der Waals surface area contributed by atoms with Gasteiger partial charge in [-0.3, -0.25) is 14.4 Å². The van der Waals surface area contributed by atoms with E-state index in [0.29, 0.717) is 55.2 Å². The maximum Gasteiger partial charge on any atom is 0.253 e. The van der Waals surface area contributed by atoms with Gasteiger partial charge in [0.2, 0.25) is 5.91 Å². The van der Waals surface area contributed by atoms with E-state index in [-0.39, 0.29) is 17.7 Å². The molecule has 1 aliphatic heterocycles. The van der Waals surface area contributed by atoms with Crippen molar-refractivity contribution in [3.05, 3.63) is 70.2 Å². The summed E-state index contributed by atoms with van der Waals surface area (Å²) in [6, 6.07) is 13.5. The zero-order valence-corrected chi connectivity index (χ0v) is 19.7. The van der Waals surface area contributed by atoms with Crippen molar-refractivity contribution in [1.29, 1.82) is 0 Å². The monoisotopic (exact) mass is 471 g/mol. The van der Waals surface area contributed by atoms with E-state index < -0.39 is 11.9 Å². The molecule has 0 spiro atoms. The molecule has 176 valence electrons. The topological polar surface area (TPSA) is 87.7 Å². The van der Waals surface area contributed by atoms with Gasteiger partial charge in [0.05, 0.1) is 17.2 Å². The summed E-state index contributed by atoms with van der Waals surface area (Å²) >= 11 is 6.17. The van der Waals surface area contributed by atoms with Crippen LogP contribution < -0.4 is 10.6 Å². The number of aryl methyl sites for hydroxylation is 1. The lowest BCUT2D eigenvalue weighted by Crippen LogP contribution is -2.54. The maximum absolute atomic E-state index is 12.9. The van der Waals surface area contributed by atoms with E-state index in [1.165, 1.54) is 0 Å². The predicted molar refractivity (Wildman–Crippen MR) is 127 cm³/mol. The number of hydrogen-bond donors (Lipinski definition) is 2. The molecule has 1 saturated heterocycles. The van der Waals surface area contributed by atoms with E-state index in [1.807, 2.05) is 31.2 Å². The molecule has 1 aliphatic rings. The van der Waals surface area contributed by atoms with E-state index in [0.717, 1.165) is 5.56 Å². The first-order valence-electron chi connectivity index (χ1n) is 11.1. The number of methoxy groups -OCH3 is 1. The van der Waals surface area contributed by atoms with Gasteiger partial charge in [0.15, 0.2) is 0 Å². The van der Waals surface area contributed by atoms with Crippen LogP contribution in [0.3, 0.4) is 0 Å². The van der Waals surface area contributed by atoms with E-state index in [2.05, 4.69) is 10.6 Å². The average Bonchev–Trinajstić information content (AvgIpc) is 2.83. The van der Waals surface area contributed by atoms with Crippen molar-refractivity contribution in [2.45, 2.75) is 25.8 Å². The minimum atomic E-state index is -0.734. The van der Waals surface area contributed by atoms with Crippen LogP contribution in [0.4, 0.5) is 0 Å². The number of amides is 3. The van der Waals surface area contributed by atoms with Crippen LogP contribution in [0.5, 0.6) is 0 Å². The van der Waals surface area contributed by atoms with Crippen LogP contribution in [0.15, 0.2) is 48.5 Å². The standard InChI is InChI=1S/C25H30ClN3O4/c1-17-7-9-19(10-8-17)25(32)29-14-11-18(12-15-29)22(24(31)27-13-16-33-2)28-23(30)20-5-3-4-6-21(20)26/h3-10,18,22H,11-16H2,1-2H3,(H,27,31)(H,28,30)/t22-/m1/s1. The van der Waals surface area contributed by atoms with Gasteiger partial charge in [-0.05, 0) is 49.9 Å². The molecule has 1 heterocycles. The molecule has 2 aromatic rings. The van der Waals surface area contributed by atoms with E-state index in [4.69, 9.17) is 16.3 Å². The Morgan fingerprint density at radius 1 is 1.09 bits per heavy atom. The fourth-order valence-corrected chi connectivity index (χ4v) is 4.18. The molecule has 3 rings (SSSR count). The number of likely N-dealkylation sites (tertiary alicyclic amines) is 1. The first kappa shape index (κ1) is 24.7. The zero-order chi connectivity index (χ0) is 23.8. The Labute approximate surface area is 199 Å². The van der Waals surface area contributed by atoms with Crippen molar-refractivity contribution in [2.75, 3.05) is 33.4 Å². The van der Waals surface area contributed by atoms with Crippen LogP contribution in [0, 0.1) is 12.8 Å². The van der Waals surface area contributed by atoms with Crippen molar-refractivity contribution < 1.29 is 19.1 Å². The summed E-state index contributed by atoms with van der Waals surface area (Å²) in [4.78, 5) is 40.5. The van der Waals surface area contributed by atoms with Crippen LogP contribution >= 0.6 is 11.6 Å². The highest BCUT2D eigenvalue weighted by Gasteiger charge is 2.34. The molecule has 0 saturated carbocycles. The molecular formula is C25H30ClN3O4. The van der Waals surface area contributed by atoms with Crippen LogP contribution in [-0.4, -0.2) is 62.0 Å². The van der Waals surface area contributed by atoms with Crippen LogP contribution in [0.2, 0.25) is 5.02 Å². The van der Waals surface area contributed by atoms with E-state index >= 15 is 0 Å². The Kier molecular flexibility index (Phi) is 8.86. The molecule has 2 N–H and O–H groups in total. The van der Waals surface area contributed by atoms with Crippen molar-refractivity contribution in [3.8, 4) is 0 Å². The van der Waals surface area contributed by atoms with Crippen molar-refractivity contribution in [1.82, 2.24) is 15.5 Å². The molecule has 1 fully saturated rings. The number of piperidine rings is 1. The molecule has 33 heavy (non-hydrogen) atoms. The van der Waals surface area contributed by atoms with Gasteiger partial charge in [0, 0.05) is 32.3 Å². The summed E-state index contributed by atoms with van der Waals surface area (Å²) in [5.41, 5.74) is 2.07. The van der Waals surface area contributed by atoms with Gasteiger partial charge in [0.1, 0.15) is 6.04 Å². The summed E-state index contributed by atoms with van der Waals surface area (Å²) < 4.78 is 5.01. The SMILES string of the molecule is COCCNC(=O)[C@H](NC(=O)c1ccccc1Cl)C1CCN(C(=O)c2ccc(C)cc2)CC1. The lowest BCUT2D eigenvalue weighted by Gasteiger charge is -2.36. The lowest BCUT2D eigenvalue weighted by molar-refractivity contribution is -0.124. The third-order valence-electron chi connectivity index (χ3n) is 5.89. The second kappa shape index (κ2) is 11.8. The van der Waals surface area contributed by atoms with Gasteiger partial charge < -0.3 is 20.3 Å². The highest BCUT2D eigenvalue weighted by atomic mass is 35.5. The molecule has 0 bridgehead atoms. The Bertz CT molecular complexity index is 972. The third kappa shape index (κ3) is 6.55. The summed E-state index contributed by atoms with van der Waals surface area (Å²) in [5.74, 6) is -0.794. The van der Waals surface area contributed by atoms with Crippen LogP contribution in [-0.2, 0) is 9.53 Å². The largest absolute Gasteiger partial charge is 0.383 e. The lowest BCUT2D eigenvalue weighted by atomic mass is 9.88. The fourth-order valence-electron chi connectivity index (χ4n) is 3.96. The Balaban J connectivity index is 1.68. The van der Waals surface area contributed by atoms with Gasteiger partial charge in [-0.15, -0.1) is 0 Å². The van der Waals surface area contributed by atoms with Gasteiger partial charge >= 0.3 is 0 Å². The highest BCUT2D eigenvalue weighted by molar-refractivity contribution is 6.33. The molecule has 0 unspecified atom stereocenters. The van der Waals surface area contributed by atoms with E-state index in [9.17, 15) is 14.4 Å². The molecule has 7 nitrogen and oxygen atoms in total. The smallest absolute Gasteiger partial charge is 0.253 e. The molecule has 0 radical (unpaired) electrons. The molecular weight excluding hydrogens is 442 g/mol. The van der Waals surface area contributed by atoms with Gasteiger partial charge in [-0.2, -0.15) is 0 Å². The summed E-state index contributed by atoms with van der Waals surface area (Å²) in [7, 11) is 1.56. The number of ether oxygens (including phenoxy) is 1. The van der Waals surface area contributed by atoms with Crippen LogP contribution in [0.1, 0.15) is 39.1 Å². The number of rotatable bonds is 8. The number of halogens is 1. The van der Waals surface area contributed by atoms with Crippen molar-refractivity contribution in [2.24, 2.45) is 5.92 Å². The normalized spacial score (nSPS) is 15.1. The average molecular weight is 472 g/mol. The summed E-state index contributed by atoms with van der Waals surface area (Å²) in [6.45, 7) is 3.73. The predicted octanol–water partition coefficient (Wildman–Crippen LogP) is 3.06. The first-order valence-corrected chi connectivity index (χ1v) is 11.5. The molecule has 0 aromatic heterocycles.